The Morgan fingerprint density at radius 3 is 2.33 bits per heavy atom. The normalized spacial score (nSPS) is 18.4. The summed E-state index contributed by atoms with van der Waals surface area (Å²) in [6.07, 6.45) is 4.26. The highest BCUT2D eigenvalue weighted by molar-refractivity contribution is 5.80. The Balaban J connectivity index is 2.46. The zero-order chi connectivity index (χ0) is 13.8. The molecule has 2 N–H and O–H groups in total. The topological polar surface area (TPSA) is 75.6 Å². The van der Waals surface area contributed by atoms with E-state index in [0.717, 1.165) is 25.7 Å². The fourth-order valence-corrected chi connectivity index (χ4v) is 2.25. The summed E-state index contributed by atoms with van der Waals surface area (Å²) in [4.78, 5) is 22.7. The van der Waals surface area contributed by atoms with Gasteiger partial charge in [0.2, 0.25) is 0 Å². The van der Waals surface area contributed by atoms with Gasteiger partial charge in [0, 0.05) is 0 Å². The SMILES string of the molecule is CC(C)(C)OC(=O)N[C@H](CC1CCCC1)C(=O)O. The monoisotopic (exact) mass is 257 g/mol. The van der Waals surface area contributed by atoms with Crippen LogP contribution in [0, 0.1) is 5.92 Å². The Morgan fingerprint density at radius 1 is 1.33 bits per heavy atom. The van der Waals surface area contributed by atoms with E-state index in [4.69, 9.17) is 9.84 Å². The number of amides is 1. The van der Waals surface area contributed by atoms with Crippen molar-refractivity contribution >= 4 is 12.1 Å². The Bertz CT molecular complexity index is 303. The lowest BCUT2D eigenvalue weighted by Gasteiger charge is -2.23. The number of ether oxygens (including phenoxy) is 1. The van der Waals surface area contributed by atoms with Crippen LogP contribution in [0.1, 0.15) is 52.9 Å². The quantitative estimate of drug-likeness (QED) is 0.811. The van der Waals surface area contributed by atoms with Crippen LogP contribution in [0.4, 0.5) is 4.79 Å². The van der Waals surface area contributed by atoms with Crippen LogP contribution in [0.3, 0.4) is 0 Å². The maximum atomic E-state index is 11.6. The third kappa shape index (κ3) is 5.38. The smallest absolute Gasteiger partial charge is 0.408 e. The van der Waals surface area contributed by atoms with Crippen LogP contribution < -0.4 is 5.32 Å². The molecule has 5 heteroatoms. The zero-order valence-corrected chi connectivity index (χ0v) is 11.4. The number of hydrogen-bond acceptors (Lipinski definition) is 3. The van der Waals surface area contributed by atoms with Gasteiger partial charge < -0.3 is 15.2 Å². The minimum Gasteiger partial charge on any atom is -0.480 e. The van der Waals surface area contributed by atoms with Gasteiger partial charge in [-0.25, -0.2) is 9.59 Å². The summed E-state index contributed by atoms with van der Waals surface area (Å²) in [7, 11) is 0. The lowest BCUT2D eigenvalue weighted by atomic mass is 9.98. The number of aliphatic carboxylic acids is 1. The Morgan fingerprint density at radius 2 is 1.89 bits per heavy atom. The minimum atomic E-state index is -0.993. The van der Waals surface area contributed by atoms with E-state index in [1.807, 2.05) is 0 Å². The molecule has 1 atom stereocenters. The summed E-state index contributed by atoms with van der Waals surface area (Å²) in [5.74, 6) is -0.589. The largest absolute Gasteiger partial charge is 0.480 e. The second-order valence-electron chi connectivity index (χ2n) is 5.92. The maximum Gasteiger partial charge on any atom is 0.408 e. The van der Waals surface area contributed by atoms with Crippen molar-refractivity contribution in [3.63, 3.8) is 0 Å². The molecule has 1 aliphatic rings. The van der Waals surface area contributed by atoms with E-state index in [1.54, 1.807) is 20.8 Å². The molecular weight excluding hydrogens is 234 g/mol. The number of carbonyl (C=O) groups is 2. The van der Waals surface area contributed by atoms with Crippen molar-refractivity contribution in [3.8, 4) is 0 Å². The van der Waals surface area contributed by atoms with Crippen LogP contribution in [-0.2, 0) is 9.53 Å². The van der Waals surface area contributed by atoms with Gasteiger partial charge >= 0.3 is 12.1 Å². The van der Waals surface area contributed by atoms with Gasteiger partial charge in [0.15, 0.2) is 0 Å². The third-order valence-electron chi connectivity index (χ3n) is 3.03. The number of carboxylic acid groups (broad SMARTS) is 1. The molecule has 0 unspecified atom stereocenters. The van der Waals surface area contributed by atoms with Crippen LogP contribution in [0.2, 0.25) is 0 Å². The highest BCUT2D eigenvalue weighted by Gasteiger charge is 2.27. The van der Waals surface area contributed by atoms with E-state index in [9.17, 15) is 9.59 Å². The molecule has 0 bridgehead atoms. The molecule has 18 heavy (non-hydrogen) atoms. The number of hydrogen-bond donors (Lipinski definition) is 2. The predicted octanol–water partition coefficient (Wildman–Crippen LogP) is 2.54. The van der Waals surface area contributed by atoms with Crippen molar-refractivity contribution in [2.75, 3.05) is 0 Å². The van der Waals surface area contributed by atoms with Crippen molar-refractivity contribution < 1.29 is 19.4 Å². The molecule has 1 saturated carbocycles. The van der Waals surface area contributed by atoms with Crippen molar-refractivity contribution in [3.05, 3.63) is 0 Å². The first kappa shape index (κ1) is 14.8. The van der Waals surface area contributed by atoms with E-state index >= 15 is 0 Å². The van der Waals surface area contributed by atoms with Crippen LogP contribution >= 0.6 is 0 Å². The molecule has 1 aliphatic carbocycles. The Labute approximate surface area is 108 Å². The first-order valence-electron chi connectivity index (χ1n) is 6.50. The number of nitrogens with one attached hydrogen (secondary N) is 1. The third-order valence-corrected chi connectivity index (χ3v) is 3.03. The molecule has 0 radical (unpaired) electrons. The number of carbonyl (C=O) groups excluding carboxylic acids is 1. The van der Waals surface area contributed by atoms with E-state index < -0.39 is 23.7 Å². The molecular formula is C13H23NO4. The Kier molecular flexibility index (Phi) is 4.99. The van der Waals surface area contributed by atoms with Gasteiger partial charge in [-0.3, -0.25) is 0 Å². The van der Waals surface area contributed by atoms with E-state index in [2.05, 4.69) is 5.32 Å². The molecule has 1 fully saturated rings. The van der Waals surface area contributed by atoms with E-state index in [1.165, 1.54) is 0 Å². The van der Waals surface area contributed by atoms with Gasteiger partial charge in [-0.2, -0.15) is 0 Å². The lowest BCUT2D eigenvalue weighted by Crippen LogP contribution is -2.44. The lowest BCUT2D eigenvalue weighted by molar-refractivity contribution is -0.140. The molecule has 1 rings (SSSR count). The second-order valence-corrected chi connectivity index (χ2v) is 5.92. The highest BCUT2D eigenvalue weighted by atomic mass is 16.6. The number of carboxylic acids is 1. The first-order chi connectivity index (χ1) is 8.28. The average molecular weight is 257 g/mol. The summed E-state index contributed by atoms with van der Waals surface area (Å²) in [5, 5.41) is 11.5. The molecule has 0 aromatic carbocycles. The molecule has 104 valence electrons. The van der Waals surface area contributed by atoms with Crippen molar-refractivity contribution in [1.82, 2.24) is 5.32 Å². The molecule has 0 aromatic heterocycles. The molecule has 0 saturated heterocycles. The van der Waals surface area contributed by atoms with Crippen LogP contribution in [0.25, 0.3) is 0 Å². The second kappa shape index (κ2) is 6.07. The molecule has 0 heterocycles. The summed E-state index contributed by atoms with van der Waals surface area (Å²) >= 11 is 0. The van der Waals surface area contributed by atoms with Gasteiger partial charge in [-0.05, 0) is 33.1 Å². The fourth-order valence-electron chi connectivity index (χ4n) is 2.25. The standard InChI is InChI=1S/C13H23NO4/c1-13(2,3)18-12(17)14-10(11(15)16)8-9-6-4-5-7-9/h9-10H,4-8H2,1-3H3,(H,14,17)(H,15,16)/t10-/m1/s1. The van der Waals surface area contributed by atoms with Crippen LogP contribution in [0.15, 0.2) is 0 Å². The number of alkyl carbamates (subject to hydrolysis) is 1. The van der Waals surface area contributed by atoms with Crippen molar-refractivity contribution in [1.29, 1.82) is 0 Å². The summed E-state index contributed by atoms with van der Waals surface area (Å²) in [6, 6.07) is -0.844. The highest BCUT2D eigenvalue weighted by Crippen LogP contribution is 2.28. The van der Waals surface area contributed by atoms with E-state index in [0.29, 0.717) is 12.3 Å². The van der Waals surface area contributed by atoms with Crippen LogP contribution in [0.5, 0.6) is 0 Å². The summed E-state index contributed by atoms with van der Waals surface area (Å²) in [5.41, 5.74) is -0.611. The molecule has 0 aromatic rings. The fraction of sp³-hybridized carbons (Fsp3) is 0.846. The van der Waals surface area contributed by atoms with Crippen molar-refractivity contribution in [2.45, 2.75) is 64.5 Å². The first-order valence-corrected chi connectivity index (χ1v) is 6.50. The van der Waals surface area contributed by atoms with Gasteiger partial charge in [-0.1, -0.05) is 25.7 Å². The summed E-state index contributed by atoms with van der Waals surface area (Å²) < 4.78 is 5.07. The minimum absolute atomic E-state index is 0.404. The molecule has 0 spiro atoms. The van der Waals surface area contributed by atoms with Gasteiger partial charge in [0.25, 0.3) is 0 Å². The van der Waals surface area contributed by atoms with Gasteiger partial charge in [-0.15, -0.1) is 0 Å². The number of rotatable bonds is 4. The zero-order valence-electron chi connectivity index (χ0n) is 11.4. The Hall–Kier alpha value is -1.26. The molecule has 0 aliphatic heterocycles. The van der Waals surface area contributed by atoms with Gasteiger partial charge in [0.05, 0.1) is 0 Å². The molecule has 1 amide bonds. The van der Waals surface area contributed by atoms with Crippen LogP contribution in [-0.4, -0.2) is 28.8 Å². The van der Waals surface area contributed by atoms with Crippen molar-refractivity contribution in [2.24, 2.45) is 5.92 Å². The maximum absolute atomic E-state index is 11.6. The van der Waals surface area contributed by atoms with Gasteiger partial charge in [0.1, 0.15) is 11.6 Å². The molecule has 5 nitrogen and oxygen atoms in total. The summed E-state index contributed by atoms with van der Waals surface area (Å²) in [6.45, 7) is 5.25. The van der Waals surface area contributed by atoms with E-state index in [-0.39, 0.29) is 0 Å². The average Bonchev–Trinajstić information content (AvgIpc) is 2.66. The predicted molar refractivity (Wildman–Crippen MR) is 67.4 cm³/mol.